The van der Waals surface area contributed by atoms with E-state index in [1.807, 2.05) is 25.1 Å². The molecule has 0 unspecified atom stereocenters. The number of nitrogens with zero attached hydrogens (tertiary/aromatic N) is 1. The molecule has 2 aromatic carbocycles. The summed E-state index contributed by atoms with van der Waals surface area (Å²) in [7, 11) is 0. The van der Waals surface area contributed by atoms with Crippen LogP contribution < -0.4 is 10.6 Å². The minimum atomic E-state index is -0.462. The number of aromatic nitrogens is 1. The number of aryl methyl sites for hydroxylation is 1. The van der Waals surface area contributed by atoms with Gasteiger partial charge in [-0.25, -0.2) is 4.98 Å². The van der Waals surface area contributed by atoms with Crippen molar-refractivity contribution in [1.82, 2.24) is 10.3 Å². The fourth-order valence-electron chi connectivity index (χ4n) is 2.67. The molecule has 28 heavy (non-hydrogen) atoms. The van der Waals surface area contributed by atoms with Crippen LogP contribution >= 0.6 is 12.2 Å². The van der Waals surface area contributed by atoms with Crippen molar-refractivity contribution in [3.8, 4) is 17.2 Å². The average Bonchev–Trinajstić information content (AvgIpc) is 3.32. The van der Waals surface area contributed by atoms with Crippen LogP contribution in [-0.2, 0) is 0 Å². The van der Waals surface area contributed by atoms with Gasteiger partial charge < -0.3 is 19.3 Å². The summed E-state index contributed by atoms with van der Waals surface area (Å²) in [5.41, 5.74) is 3.33. The van der Waals surface area contributed by atoms with Crippen molar-refractivity contribution in [3.63, 3.8) is 0 Å². The van der Waals surface area contributed by atoms with Gasteiger partial charge in [0.15, 0.2) is 16.5 Å². The fourth-order valence-corrected chi connectivity index (χ4v) is 2.88. The number of fused-ring (bicyclic) bond motifs is 1. The molecule has 8 heteroatoms. The van der Waals surface area contributed by atoms with Crippen LogP contribution in [0.5, 0.6) is 5.75 Å². The van der Waals surface area contributed by atoms with Crippen LogP contribution in [0.3, 0.4) is 0 Å². The lowest BCUT2D eigenvalue weighted by Crippen LogP contribution is -2.33. The van der Waals surface area contributed by atoms with Crippen LogP contribution in [0.4, 0.5) is 5.69 Å². The van der Waals surface area contributed by atoms with Crippen LogP contribution in [-0.4, -0.2) is 21.1 Å². The van der Waals surface area contributed by atoms with E-state index in [1.165, 1.54) is 18.4 Å². The molecule has 2 heterocycles. The number of amides is 1. The first kappa shape index (κ1) is 17.7. The van der Waals surface area contributed by atoms with Crippen molar-refractivity contribution in [1.29, 1.82) is 0 Å². The molecule has 7 nitrogen and oxygen atoms in total. The number of carbonyl (C=O) groups is 1. The zero-order valence-electron chi connectivity index (χ0n) is 14.7. The summed E-state index contributed by atoms with van der Waals surface area (Å²) in [6, 6.07) is 13.6. The largest absolute Gasteiger partial charge is 0.507 e. The molecule has 0 bridgehead atoms. The Morgan fingerprint density at radius 2 is 2.04 bits per heavy atom. The van der Waals surface area contributed by atoms with Crippen molar-refractivity contribution in [2.75, 3.05) is 5.32 Å². The number of thiocarbonyl (C=S) groups is 1. The summed E-state index contributed by atoms with van der Waals surface area (Å²) in [6.07, 6.45) is 1.40. The summed E-state index contributed by atoms with van der Waals surface area (Å²) in [5.74, 6) is -0.0141. The Balaban J connectivity index is 1.56. The Bertz CT molecular complexity index is 1180. The molecule has 4 rings (SSSR count). The zero-order chi connectivity index (χ0) is 19.7. The van der Waals surface area contributed by atoms with Crippen molar-refractivity contribution in [2.24, 2.45) is 0 Å². The number of rotatable bonds is 3. The van der Waals surface area contributed by atoms with Crippen molar-refractivity contribution in [2.45, 2.75) is 6.92 Å². The number of carbonyl (C=O) groups excluding carboxylic acids is 1. The molecule has 0 aliphatic heterocycles. The number of nitrogens with one attached hydrogen (secondary N) is 2. The predicted octanol–water partition coefficient (Wildman–Crippen LogP) is 4.23. The molecular formula is C20H15N3O4S. The number of aromatic hydroxyl groups is 1. The van der Waals surface area contributed by atoms with Gasteiger partial charge in [-0.15, -0.1) is 0 Å². The fraction of sp³-hybridized carbons (Fsp3) is 0.0500. The number of oxazole rings is 1. The molecule has 0 saturated carbocycles. The summed E-state index contributed by atoms with van der Waals surface area (Å²) in [6.45, 7) is 1.96. The summed E-state index contributed by atoms with van der Waals surface area (Å²) in [4.78, 5) is 16.4. The quantitative estimate of drug-likeness (QED) is 0.354. The number of phenolic OH excluding ortho intramolecular Hbond substituents is 1. The van der Waals surface area contributed by atoms with Gasteiger partial charge in [-0.3, -0.25) is 10.1 Å². The molecule has 0 aliphatic carbocycles. The molecular weight excluding hydrogens is 378 g/mol. The first-order valence-corrected chi connectivity index (χ1v) is 8.77. The topological polar surface area (TPSA) is 101 Å². The second kappa shape index (κ2) is 7.16. The highest BCUT2D eigenvalue weighted by atomic mass is 32.1. The van der Waals surface area contributed by atoms with Gasteiger partial charge in [-0.05, 0) is 67.2 Å². The Kier molecular flexibility index (Phi) is 4.54. The van der Waals surface area contributed by atoms with Gasteiger partial charge in [0.2, 0.25) is 5.89 Å². The van der Waals surface area contributed by atoms with E-state index < -0.39 is 5.91 Å². The van der Waals surface area contributed by atoms with E-state index in [0.29, 0.717) is 22.4 Å². The highest BCUT2D eigenvalue weighted by Crippen LogP contribution is 2.33. The third-order valence-corrected chi connectivity index (χ3v) is 4.20. The summed E-state index contributed by atoms with van der Waals surface area (Å²) >= 11 is 5.16. The summed E-state index contributed by atoms with van der Waals surface area (Å²) in [5, 5.41) is 15.7. The van der Waals surface area contributed by atoms with Crippen LogP contribution in [0.1, 0.15) is 16.1 Å². The number of hydrogen-bond donors (Lipinski definition) is 3. The molecule has 0 radical (unpaired) electrons. The second-order valence-electron chi connectivity index (χ2n) is 6.11. The lowest BCUT2D eigenvalue weighted by atomic mass is 10.1. The van der Waals surface area contributed by atoms with Gasteiger partial charge in [-0.1, -0.05) is 6.07 Å². The van der Waals surface area contributed by atoms with Gasteiger partial charge in [0.1, 0.15) is 11.3 Å². The van der Waals surface area contributed by atoms with Crippen LogP contribution in [0.2, 0.25) is 0 Å². The third kappa shape index (κ3) is 3.58. The lowest BCUT2D eigenvalue weighted by Gasteiger charge is -2.10. The van der Waals surface area contributed by atoms with E-state index >= 15 is 0 Å². The molecule has 0 spiro atoms. The standard InChI is InChI=1S/C20H15N3O4S/c1-11-4-6-14-17(9-11)27-19(22-14)13-10-12(5-7-15(13)24)21-20(28)23-18(25)16-3-2-8-26-16/h2-10,24H,1H3,(H2,21,23,25,28). The van der Waals surface area contributed by atoms with Gasteiger partial charge in [0.25, 0.3) is 5.91 Å². The molecule has 0 fully saturated rings. The van der Waals surface area contributed by atoms with E-state index in [9.17, 15) is 9.90 Å². The number of furan rings is 1. The first-order chi connectivity index (χ1) is 13.5. The SMILES string of the molecule is Cc1ccc2nc(-c3cc(NC(=S)NC(=O)c4ccco4)ccc3O)oc2c1. The van der Waals surface area contributed by atoms with Crippen molar-refractivity contribution >= 4 is 40.0 Å². The van der Waals surface area contributed by atoms with E-state index in [0.717, 1.165) is 5.56 Å². The van der Waals surface area contributed by atoms with E-state index in [4.69, 9.17) is 21.1 Å². The maximum atomic E-state index is 12.0. The number of phenols is 1. The van der Waals surface area contributed by atoms with Crippen LogP contribution in [0.15, 0.2) is 63.6 Å². The molecule has 1 amide bonds. The molecule has 0 aliphatic rings. The lowest BCUT2D eigenvalue weighted by molar-refractivity contribution is 0.0950. The van der Waals surface area contributed by atoms with Gasteiger partial charge in [0, 0.05) is 5.69 Å². The Labute approximate surface area is 165 Å². The average molecular weight is 393 g/mol. The van der Waals surface area contributed by atoms with E-state index in [2.05, 4.69) is 15.6 Å². The highest BCUT2D eigenvalue weighted by Gasteiger charge is 2.15. The van der Waals surface area contributed by atoms with Gasteiger partial charge >= 0.3 is 0 Å². The van der Waals surface area contributed by atoms with E-state index in [1.54, 1.807) is 18.2 Å². The normalized spacial score (nSPS) is 10.8. The van der Waals surface area contributed by atoms with Gasteiger partial charge in [-0.2, -0.15) is 0 Å². The monoisotopic (exact) mass is 393 g/mol. The minimum absolute atomic E-state index is 0.0133. The minimum Gasteiger partial charge on any atom is -0.507 e. The van der Waals surface area contributed by atoms with Gasteiger partial charge in [0.05, 0.1) is 11.8 Å². The van der Waals surface area contributed by atoms with Crippen LogP contribution in [0.25, 0.3) is 22.6 Å². The highest BCUT2D eigenvalue weighted by molar-refractivity contribution is 7.80. The maximum absolute atomic E-state index is 12.0. The summed E-state index contributed by atoms with van der Waals surface area (Å²) < 4.78 is 10.8. The first-order valence-electron chi connectivity index (χ1n) is 8.36. The Morgan fingerprint density at radius 1 is 1.18 bits per heavy atom. The van der Waals surface area contributed by atoms with Crippen LogP contribution in [0, 0.1) is 6.92 Å². The molecule has 0 atom stereocenters. The molecule has 2 aromatic heterocycles. The molecule has 3 N–H and O–H groups in total. The number of anilines is 1. The van der Waals surface area contributed by atoms with Crippen molar-refractivity contribution in [3.05, 3.63) is 66.1 Å². The smallest absolute Gasteiger partial charge is 0.293 e. The third-order valence-electron chi connectivity index (χ3n) is 4.00. The van der Waals surface area contributed by atoms with Crippen molar-refractivity contribution < 1.29 is 18.7 Å². The molecule has 0 saturated heterocycles. The zero-order valence-corrected chi connectivity index (χ0v) is 15.5. The molecule has 140 valence electrons. The Hall–Kier alpha value is -3.65. The predicted molar refractivity (Wildman–Crippen MR) is 108 cm³/mol. The Morgan fingerprint density at radius 3 is 2.82 bits per heavy atom. The second-order valence-corrected chi connectivity index (χ2v) is 6.52. The number of hydrogen-bond acceptors (Lipinski definition) is 6. The maximum Gasteiger partial charge on any atom is 0.293 e. The van der Waals surface area contributed by atoms with E-state index in [-0.39, 0.29) is 22.5 Å². The molecule has 4 aromatic rings. The number of benzene rings is 2.